The van der Waals surface area contributed by atoms with Crippen LogP contribution in [0.4, 0.5) is 0 Å². The highest BCUT2D eigenvalue weighted by atomic mass is 32.2. The van der Waals surface area contributed by atoms with E-state index in [1.807, 2.05) is 12.1 Å². The molecule has 3 rings (SSSR count). The van der Waals surface area contributed by atoms with Crippen LogP contribution in [0.1, 0.15) is 21.6 Å². The number of benzene rings is 1. The summed E-state index contributed by atoms with van der Waals surface area (Å²) in [6, 6.07) is 12.3. The molecule has 0 spiro atoms. The second kappa shape index (κ2) is 8.39. The van der Waals surface area contributed by atoms with E-state index in [2.05, 4.69) is 10.3 Å². The van der Waals surface area contributed by atoms with Gasteiger partial charge in [-0.15, -0.1) is 0 Å². The Morgan fingerprint density at radius 3 is 2.46 bits per heavy atom. The lowest BCUT2D eigenvalue weighted by Crippen LogP contribution is -2.41. The van der Waals surface area contributed by atoms with Crippen molar-refractivity contribution >= 4 is 15.9 Å². The molecule has 8 heteroatoms. The molecular formula is C18H21N3O4S. The number of hydrogen-bond donors (Lipinski definition) is 1. The zero-order valence-electron chi connectivity index (χ0n) is 14.3. The van der Waals surface area contributed by atoms with Gasteiger partial charge in [-0.3, -0.25) is 9.78 Å². The van der Waals surface area contributed by atoms with Crippen LogP contribution in [0.25, 0.3) is 0 Å². The van der Waals surface area contributed by atoms with E-state index in [0.29, 0.717) is 37.6 Å². The fourth-order valence-electron chi connectivity index (χ4n) is 2.75. The summed E-state index contributed by atoms with van der Waals surface area (Å²) in [4.78, 5) is 16.2. The van der Waals surface area contributed by atoms with Crippen molar-refractivity contribution in [1.29, 1.82) is 0 Å². The molecule has 0 aliphatic carbocycles. The Bertz CT molecular complexity index is 850. The van der Waals surface area contributed by atoms with Gasteiger partial charge in [0.1, 0.15) is 5.69 Å². The first-order valence-electron chi connectivity index (χ1n) is 8.38. The smallest absolute Gasteiger partial charge is 0.270 e. The van der Waals surface area contributed by atoms with Gasteiger partial charge in [-0.1, -0.05) is 30.3 Å². The quantitative estimate of drug-likeness (QED) is 0.819. The second-order valence-electron chi connectivity index (χ2n) is 5.93. The van der Waals surface area contributed by atoms with Crippen LogP contribution >= 0.6 is 0 Å². The van der Waals surface area contributed by atoms with Crippen molar-refractivity contribution in [3.05, 3.63) is 65.5 Å². The van der Waals surface area contributed by atoms with Crippen molar-refractivity contribution in [2.45, 2.75) is 12.3 Å². The summed E-state index contributed by atoms with van der Waals surface area (Å²) in [5, 5.41) is 2.79. The highest BCUT2D eigenvalue weighted by molar-refractivity contribution is 7.88. The minimum absolute atomic E-state index is 0.0946. The fraction of sp³-hybridized carbons (Fsp3) is 0.333. The first-order valence-corrected chi connectivity index (χ1v) is 9.99. The molecule has 2 heterocycles. The molecule has 1 amide bonds. The number of hydrogen-bond acceptors (Lipinski definition) is 5. The molecule has 2 aromatic rings. The Morgan fingerprint density at radius 2 is 1.77 bits per heavy atom. The number of carbonyl (C=O) groups excluding carboxylic acids is 1. The molecule has 1 saturated heterocycles. The summed E-state index contributed by atoms with van der Waals surface area (Å²) < 4.78 is 32.0. The molecule has 0 saturated carbocycles. The van der Waals surface area contributed by atoms with Crippen LogP contribution in [0.15, 0.2) is 48.7 Å². The number of carbonyl (C=O) groups is 1. The minimum atomic E-state index is -3.42. The maximum atomic E-state index is 12.6. The number of ether oxygens (including phenoxy) is 1. The van der Waals surface area contributed by atoms with E-state index < -0.39 is 10.0 Å². The maximum absolute atomic E-state index is 12.6. The highest BCUT2D eigenvalue weighted by Crippen LogP contribution is 2.16. The average Bonchev–Trinajstić information content (AvgIpc) is 2.68. The number of pyridine rings is 1. The normalized spacial score (nSPS) is 15.5. The number of amides is 1. The summed E-state index contributed by atoms with van der Waals surface area (Å²) in [7, 11) is -3.42. The van der Waals surface area contributed by atoms with Crippen molar-refractivity contribution in [2.75, 3.05) is 26.3 Å². The molecule has 1 aliphatic heterocycles. The van der Waals surface area contributed by atoms with Crippen LogP contribution < -0.4 is 5.32 Å². The summed E-state index contributed by atoms with van der Waals surface area (Å²) >= 11 is 0. The van der Waals surface area contributed by atoms with Gasteiger partial charge in [0.2, 0.25) is 10.0 Å². The minimum Gasteiger partial charge on any atom is -0.379 e. The molecule has 1 aromatic carbocycles. The molecule has 0 bridgehead atoms. The van der Waals surface area contributed by atoms with Gasteiger partial charge in [0.15, 0.2) is 0 Å². The lowest BCUT2D eigenvalue weighted by Gasteiger charge is -2.26. The SMILES string of the molecule is O=C(NCc1ccccc1CS(=O)(=O)N1CCOCC1)c1ccccn1. The van der Waals surface area contributed by atoms with Crippen molar-refractivity contribution in [3.8, 4) is 0 Å². The van der Waals surface area contributed by atoms with E-state index in [-0.39, 0.29) is 18.2 Å². The predicted molar refractivity (Wildman–Crippen MR) is 96.9 cm³/mol. The molecule has 1 aromatic heterocycles. The van der Waals surface area contributed by atoms with Gasteiger partial charge in [0, 0.05) is 25.8 Å². The van der Waals surface area contributed by atoms with E-state index >= 15 is 0 Å². The topological polar surface area (TPSA) is 88.6 Å². The zero-order chi connectivity index (χ0) is 18.4. The Hall–Kier alpha value is -2.29. The van der Waals surface area contributed by atoms with Gasteiger partial charge in [-0.25, -0.2) is 8.42 Å². The van der Waals surface area contributed by atoms with Crippen LogP contribution in [0.5, 0.6) is 0 Å². The first kappa shape index (κ1) is 18.5. The lowest BCUT2D eigenvalue weighted by atomic mass is 10.1. The van der Waals surface area contributed by atoms with Crippen LogP contribution in [0.2, 0.25) is 0 Å². The summed E-state index contributed by atoms with van der Waals surface area (Å²) in [6.45, 7) is 1.83. The van der Waals surface area contributed by atoms with Gasteiger partial charge in [-0.2, -0.15) is 4.31 Å². The van der Waals surface area contributed by atoms with Crippen LogP contribution in [-0.2, 0) is 27.1 Å². The molecule has 0 atom stereocenters. The van der Waals surface area contributed by atoms with Gasteiger partial charge in [0.05, 0.1) is 19.0 Å². The molecule has 26 heavy (non-hydrogen) atoms. The molecule has 1 N–H and O–H groups in total. The average molecular weight is 375 g/mol. The van der Waals surface area contributed by atoms with E-state index in [1.165, 1.54) is 4.31 Å². The second-order valence-corrected chi connectivity index (χ2v) is 7.90. The monoisotopic (exact) mass is 375 g/mol. The van der Waals surface area contributed by atoms with Crippen molar-refractivity contribution in [3.63, 3.8) is 0 Å². The van der Waals surface area contributed by atoms with Gasteiger partial charge in [-0.05, 0) is 23.3 Å². The van der Waals surface area contributed by atoms with Gasteiger partial charge in [0.25, 0.3) is 5.91 Å². The standard InChI is InChI=1S/C18H21N3O4S/c22-18(17-7-3-4-8-19-17)20-13-15-5-1-2-6-16(15)14-26(23,24)21-9-11-25-12-10-21/h1-8H,9-14H2,(H,20,22). The van der Waals surface area contributed by atoms with E-state index in [1.54, 1.807) is 36.5 Å². The number of morpholine rings is 1. The van der Waals surface area contributed by atoms with Crippen molar-refractivity contribution < 1.29 is 17.9 Å². The largest absolute Gasteiger partial charge is 0.379 e. The maximum Gasteiger partial charge on any atom is 0.270 e. The van der Waals surface area contributed by atoms with Crippen LogP contribution in [0, 0.1) is 0 Å². The molecular weight excluding hydrogens is 354 g/mol. The Labute approximate surface area is 153 Å². The van der Waals surface area contributed by atoms with E-state index in [9.17, 15) is 13.2 Å². The molecule has 7 nitrogen and oxygen atoms in total. The lowest BCUT2D eigenvalue weighted by molar-refractivity contribution is 0.0729. The Balaban J connectivity index is 1.69. The van der Waals surface area contributed by atoms with Crippen LogP contribution in [0.3, 0.4) is 0 Å². The number of rotatable bonds is 6. The molecule has 0 radical (unpaired) electrons. The van der Waals surface area contributed by atoms with Crippen LogP contribution in [-0.4, -0.2) is 49.9 Å². The number of nitrogens with zero attached hydrogens (tertiary/aromatic N) is 2. The summed E-state index contributed by atoms with van der Waals surface area (Å²) in [5.74, 6) is -0.390. The number of sulfonamides is 1. The zero-order valence-corrected chi connectivity index (χ0v) is 15.1. The van der Waals surface area contributed by atoms with Crippen molar-refractivity contribution in [1.82, 2.24) is 14.6 Å². The van der Waals surface area contributed by atoms with E-state index in [4.69, 9.17) is 4.74 Å². The third-order valence-corrected chi connectivity index (χ3v) is 5.98. The molecule has 0 unspecified atom stereocenters. The fourth-order valence-corrected chi connectivity index (χ4v) is 4.31. The Kier molecular flexibility index (Phi) is 5.97. The van der Waals surface area contributed by atoms with Crippen molar-refractivity contribution in [2.24, 2.45) is 0 Å². The summed E-state index contributed by atoms with van der Waals surface area (Å²) in [6.07, 6.45) is 1.55. The molecule has 138 valence electrons. The first-order chi connectivity index (χ1) is 12.6. The van der Waals surface area contributed by atoms with Gasteiger partial charge >= 0.3 is 0 Å². The Morgan fingerprint density at radius 1 is 1.08 bits per heavy atom. The van der Waals surface area contributed by atoms with Gasteiger partial charge < -0.3 is 10.1 Å². The molecule has 1 fully saturated rings. The predicted octanol–water partition coefficient (Wildman–Crippen LogP) is 1.17. The molecule has 1 aliphatic rings. The highest BCUT2D eigenvalue weighted by Gasteiger charge is 2.25. The number of aromatic nitrogens is 1. The van der Waals surface area contributed by atoms with E-state index in [0.717, 1.165) is 5.56 Å². The third-order valence-electron chi connectivity index (χ3n) is 4.16. The number of nitrogens with one attached hydrogen (secondary N) is 1. The summed E-state index contributed by atoms with van der Waals surface area (Å²) in [5.41, 5.74) is 1.78. The third kappa shape index (κ3) is 4.66.